The van der Waals surface area contributed by atoms with Crippen LogP contribution in [0.3, 0.4) is 0 Å². The lowest BCUT2D eigenvalue weighted by atomic mass is 10.1. The van der Waals surface area contributed by atoms with Gasteiger partial charge < -0.3 is 27.8 Å². The Labute approximate surface area is 318 Å². The Morgan fingerprint density at radius 2 is 1.11 bits per heavy atom. The molecule has 0 radical (unpaired) electrons. The van der Waals surface area contributed by atoms with Gasteiger partial charge in [-0.2, -0.15) is 0 Å². The van der Waals surface area contributed by atoms with Crippen LogP contribution < -0.4 is 20.3 Å². The number of ether oxygens (including phenoxy) is 4. The summed E-state index contributed by atoms with van der Waals surface area (Å²) < 4.78 is 36.8. The molecule has 7 rings (SSSR count). The van der Waals surface area contributed by atoms with Crippen molar-refractivity contribution in [1.82, 2.24) is 15.0 Å². The maximum Gasteiger partial charge on any atom is 0.193 e. The SMILES string of the molecule is Cc1ccc2oc(-c3ccc(OCCCCc4cn(CCOCCOCCOc5ccc(-c6cc(=O)c7cc(C)ccc7o6)cc5)nn4)cc3)cc(=O)c2c1. The highest BCUT2D eigenvalue weighted by molar-refractivity contribution is 5.80. The Hall–Kier alpha value is -6.04. The van der Waals surface area contributed by atoms with Gasteiger partial charge in [-0.1, -0.05) is 28.5 Å². The fraction of sp³-hybridized carbons (Fsp3) is 0.273. The average molecular weight is 742 g/mol. The van der Waals surface area contributed by atoms with Crippen LogP contribution in [0.1, 0.15) is 29.7 Å². The molecule has 3 heterocycles. The first kappa shape index (κ1) is 37.3. The molecule has 11 nitrogen and oxygen atoms in total. The van der Waals surface area contributed by atoms with Crippen molar-refractivity contribution in [2.75, 3.05) is 39.6 Å². The van der Waals surface area contributed by atoms with E-state index < -0.39 is 0 Å². The fourth-order valence-corrected chi connectivity index (χ4v) is 6.11. The normalized spacial score (nSPS) is 11.4. The third-order valence-corrected chi connectivity index (χ3v) is 9.06. The van der Waals surface area contributed by atoms with E-state index in [9.17, 15) is 9.59 Å². The molecule has 0 aliphatic heterocycles. The monoisotopic (exact) mass is 741 g/mol. The summed E-state index contributed by atoms with van der Waals surface area (Å²) in [6.45, 7) is 7.36. The largest absolute Gasteiger partial charge is 0.494 e. The van der Waals surface area contributed by atoms with Crippen molar-refractivity contribution < 1.29 is 27.8 Å². The minimum Gasteiger partial charge on any atom is -0.494 e. The summed E-state index contributed by atoms with van der Waals surface area (Å²) >= 11 is 0. The van der Waals surface area contributed by atoms with Gasteiger partial charge in [-0.3, -0.25) is 9.59 Å². The highest BCUT2D eigenvalue weighted by Gasteiger charge is 2.10. The molecule has 0 aliphatic rings. The van der Waals surface area contributed by atoms with Crippen molar-refractivity contribution in [3.8, 4) is 34.1 Å². The molecule has 0 N–H and O–H groups in total. The third kappa shape index (κ3) is 9.94. The summed E-state index contributed by atoms with van der Waals surface area (Å²) in [7, 11) is 0. The fourth-order valence-electron chi connectivity index (χ4n) is 6.11. The van der Waals surface area contributed by atoms with Gasteiger partial charge in [-0.25, -0.2) is 4.68 Å². The van der Waals surface area contributed by atoms with E-state index in [0.717, 1.165) is 53.0 Å². The molecular formula is C44H43N3O8. The van der Waals surface area contributed by atoms with E-state index in [1.165, 1.54) is 12.1 Å². The first-order chi connectivity index (χ1) is 26.9. The van der Waals surface area contributed by atoms with Gasteiger partial charge in [-0.05, 0) is 106 Å². The second-order valence-corrected chi connectivity index (χ2v) is 13.3. The van der Waals surface area contributed by atoms with Crippen LogP contribution in [-0.2, 0) is 22.4 Å². The number of rotatable bonds is 18. The smallest absolute Gasteiger partial charge is 0.193 e. The lowest BCUT2D eigenvalue weighted by molar-refractivity contribution is 0.0333. The van der Waals surface area contributed by atoms with Gasteiger partial charge in [0.2, 0.25) is 0 Å². The molecule has 0 atom stereocenters. The van der Waals surface area contributed by atoms with Gasteiger partial charge in [0.1, 0.15) is 40.8 Å². The predicted molar refractivity (Wildman–Crippen MR) is 211 cm³/mol. The van der Waals surface area contributed by atoms with Gasteiger partial charge in [0, 0.05) is 29.5 Å². The summed E-state index contributed by atoms with van der Waals surface area (Å²) in [5.74, 6) is 2.52. The molecule has 0 saturated carbocycles. The van der Waals surface area contributed by atoms with Crippen LogP contribution in [0.15, 0.2) is 122 Å². The Kier molecular flexibility index (Phi) is 12.1. The molecule has 3 aromatic heterocycles. The summed E-state index contributed by atoms with van der Waals surface area (Å²) in [5.41, 5.74) is 5.63. The van der Waals surface area contributed by atoms with Crippen LogP contribution in [0.2, 0.25) is 0 Å². The van der Waals surface area contributed by atoms with E-state index in [0.29, 0.717) is 85.4 Å². The standard InChI is InChI=1S/C44H43N3O8/c1-30-6-16-41-37(25-30)39(48)27-43(54-41)32-8-12-35(13-9-32)52-19-4-3-5-34-29-47(46-45-34)18-20-50-21-22-51-23-24-53-36-14-10-33(11-15-36)44-28-40(49)38-26-31(2)7-17-42(38)55-44/h6-17,25-29H,3-5,18-24H2,1-2H3. The lowest BCUT2D eigenvalue weighted by Crippen LogP contribution is -2.13. The zero-order valence-corrected chi connectivity index (χ0v) is 31.0. The number of hydrogen-bond acceptors (Lipinski definition) is 10. The van der Waals surface area contributed by atoms with E-state index in [1.807, 2.05) is 105 Å². The number of aryl methyl sites for hydroxylation is 3. The summed E-state index contributed by atoms with van der Waals surface area (Å²) in [5, 5.41) is 9.66. The van der Waals surface area contributed by atoms with Crippen LogP contribution in [0.5, 0.6) is 11.5 Å². The number of unbranched alkanes of at least 4 members (excludes halogenated alkanes) is 1. The maximum absolute atomic E-state index is 12.6. The number of benzene rings is 4. The summed E-state index contributed by atoms with van der Waals surface area (Å²) in [6, 6.07) is 29.3. The third-order valence-electron chi connectivity index (χ3n) is 9.06. The number of hydrogen-bond donors (Lipinski definition) is 0. The van der Waals surface area contributed by atoms with Crippen LogP contribution in [0.4, 0.5) is 0 Å². The lowest BCUT2D eigenvalue weighted by Gasteiger charge is -2.09. The van der Waals surface area contributed by atoms with Crippen molar-refractivity contribution in [2.45, 2.75) is 39.7 Å². The minimum absolute atomic E-state index is 0.0536. The number of aromatic nitrogens is 3. The highest BCUT2D eigenvalue weighted by atomic mass is 16.5. The highest BCUT2D eigenvalue weighted by Crippen LogP contribution is 2.26. The van der Waals surface area contributed by atoms with E-state index in [4.69, 9.17) is 27.8 Å². The predicted octanol–water partition coefficient (Wildman–Crippen LogP) is 7.96. The quantitative estimate of drug-likeness (QED) is 0.0800. The van der Waals surface area contributed by atoms with E-state index in [2.05, 4.69) is 10.3 Å². The average Bonchev–Trinajstić information content (AvgIpc) is 3.65. The maximum atomic E-state index is 12.6. The molecule has 282 valence electrons. The van der Waals surface area contributed by atoms with Gasteiger partial charge in [0.25, 0.3) is 0 Å². The van der Waals surface area contributed by atoms with Gasteiger partial charge in [0.15, 0.2) is 10.9 Å². The van der Waals surface area contributed by atoms with Crippen LogP contribution in [0.25, 0.3) is 44.6 Å². The Bertz CT molecular complexity index is 2470. The van der Waals surface area contributed by atoms with E-state index in [-0.39, 0.29) is 10.9 Å². The van der Waals surface area contributed by atoms with Crippen molar-refractivity contribution in [1.29, 1.82) is 0 Å². The van der Waals surface area contributed by atoms with Gasteiger partial charge >= 0.3 is 0 Å². The molecule has 55 heavy (non-hydrogen) atoms. The molecule has 0 saturated heterocycles. The van der Waals surface area contributed by atoms with Crippen molar-refractivity contribution in [3.05, 3.63) is 141 Å². The molecule has 7 aromatic rings. The second kappa shape index (κ2) is 17.9. The molecule has 0 bridgehead atoms. The van der Waals surface area contributed by atoms with Crippen molar-refractivity contribution >= 4 is 21.9 Å². The topological polar surface area (TPSA) is 128 Å². The Morgan fingerprint density at radius 3 is 1.69 bits per heavy atom. The number of nitrogens with zero attached hydrogens (tertiary/aromatic N) is 3. The van der Waals surface area contributed by atoms with Crippen LogP contribution in [0, 0.1) is 13.8 Å². The molecule has 0 aliphatic carbocycles. The molecule has 11 heteroatoms. The Morgan fingerprint density at radius 1 is 0.582 bits per heavy atom. The van der Waals surface area contributed by atoms with Gasteiger partial charge in [0.05, 0.1) is 56.0 Å². The molecule has 0 unspecified atom stereocenters. The van der Waals surface area contributed by atoms with Gasteiger partial charge in [-0.15, -0.1) is 5.10 Å². The molecule has 0 spiro atoms. The van der Waals surface area contributed by atoms with Crippen molar-refractivity contribution in [3.63, 3.8) is 0 Å². The summed E-state index contributed by atoms with van der Waals surface area (Å²) in [6.07, 6.45) is 4.56. The van der Waals surface area contributed by atoms with Crippen LogP contribution in [-0.4, -0.2) is 54.6 Å². The molecule has 0 fully saturated rings. The van der Waals surface area contributed by atoms with Crippen LogP contribution >= 0.6 is 0 Å². The molecule has 0 amide bonds. The Balaban J connectivity index is 0.724. The van der Waals surface area contributed by atoms with E-state index in [1.54, 1.807) is 4.68 Å². The zero-order chi connectivity index (χ0) is 38.0. The first-order valence-electron chi connectivity index (χ1n) is 18.5. The van der Waals surface area contributed by atoms with Crippen molar-refractivity contribution in [2.24, 2.45) is 0 Å². The molecular weight excluding hydrogens is 698 g/mol. The zero-order valence-electron chi connectivity index (χ0n) is 31.0. The van der Waals surface area contributed by atoms with E-state index >= 15 is 0 Å². The molecule has 4 aromatic carbocycles. The minimum atomic E-state index is -0.0626. The first-order valence-corrected chi connectivity index (χ1v) is 18.5. The number of fused-ring (bicyclic) bond motifs is 2. The second-order valence-electron chi connectivity index (χ2n) is 13.3. The summed E-state index contributed by atoms with van der Waals surface area (Å²) in [4.78, 5) is 25.1.